The number of para-hydroxylation sites is 1. The molecule has 0 atom stereocenters. The van der Waals surface area contributed by atoms with E-state index in [1.165, 1.54) is 28.6 Å². The Morgan fingerprint density at radius 2 is 1.59 bits per heavy atom. The minimum atomic E-state index is -3.47. The number of sulfonamides is 1. The topological polar surface area (TPSA) is 69.7 Å². The third-order valence-corrected chi connectivity index (χ3v) is 6.26. The van der Waals surface area contributed by atoms with Gasteiger partial charge in [0.05, 0.1) is 12.3 Å². The average molecular weight is 391 g/mol. The van der Waals surface area contributed by atoms with Gasteiger partial charge in [-0.2, -0.15) is 4.31 Å². The molecule has 1 aliphatic rings. The quantitative estimate of drug-likeness (QED) is 0.817. The van der Waals surface area contributed by atoms with E-state index in [9.17, 15) is 17.6 Å². The van der Waals surface area contributed by atoms with Crippen LogP contribution in [0.1, 0.15) is 5.56 Å². The first-order valence-electron chi connectivity index (χ1n) is 8.72. The van der Waals surface area contributed by atoms with Crippen LogP contribution in [0.3, 0.4) is 0 Å². The molecule has 27 heavy (non-hydrogen) atoms. The van der Waals surface area contributed by atoms with E-state index in [2.05, 4.69) is 5.32 Å². The molecule has 0 bridgehead atoms. The van der Waals surface area contributed by atoms with E-state index < -0.39 is 15.8 Å². The third kappa shape index (κ3) is 5.59. The van der Waals surface area contributed by atoms with Crippen molar-refractivity contribution >= 4 is 21.6 Å². The zero-order chi connectivity index (χ0) is 19.3. The second-order valence-electron chi connectivity index (χ2n) is 6.47. The van der Waals surface area contributed by atoms with Crippen LogP contribution < -0.4 is 5.32 Å². The molecule has 1 heterocycles. The van der Waals surface area contributed by atoms with Crippen molar-refractivity contribution in [3.05, 3.63) is 66.0 Å². The van der Waals surface area contributed by atoms with Crippen LogP contribution in [0.25, 0.3) is 0 Å². The van der Waals surface area contributed by atoms with Crippen molar-refractivity contribution in [3.8, 4) is 0 Å². The summed E-state index contributed by atoms with van der Waals surface area (Å²) < 4.78 is 39.5. The van der Waals surface area contributed by atoms with Gasteiger partial charge in [0, 0.05) is 31.9 Å². The Balaban J connectivity index is 1.49. The molecule has 144 valence electrons. The van der Waals surface area contributed by atoms with Gasteiger partial charge in [0.1, 0.15) is 5.82 Å². The Morgan fingerprint density at radius 3 is 2.22 bits per heavy atom. The van der Waals surface area contributed by atoms with E-state index in [1.807, 2.05) is 35.2 Å². The molecule has 0 aromatic heterocycles. The molecule has 0 spiro atoms. The van der Waals surface area contributed by atoms with Crippen LogP contribution >= 0.6 is 0 Å². The van der Waals surface area contributed by atoms with E-state index in [0.29, 0.717) is 31.7 Å². The molecule has 8 heteroatoms. The molecular formula is C19H22FN3O3S. The number of nitrogens with zero attached hydrogens (tertiary/aromatic N) is 2. The maximum Gasteiger partial charge on any atom is 0.238 e. The van der Waals surface area contributed by atoms with Gasteiger partial charge in [-0.15, -0.1) is 0 Å². The maximum absolute atomic E-state index is 13.0. The van der Waals surface area contributed by atoms with Crippen LogP contribution in [-0.2, 0) is 20.6 Å². The molecular weight excluding hydrogens is 369 g/mol. The summed E-state index contributed by atoms with van der Waals surface area (Å²) in [4.78, 5) is 14.0. The second kappa shape index (κ2) is 8.60. The summed E-state index contributed by atoms with van der Waals surface area (Å²) in [5.74, 6) is -0.663. The molecule has 1 fully saturated rings. The number of benzene rings is 2. The first-order chi connectivity index (χ1) is 12.9. The predicted octanol–water partition coefficient (Wildman–Crippen LogP) is 1.91. The van der Waals surface area contributed by atoms with Gasteiger partial charge in [-0.3, -0.25) is 9.69 Å². The van der Waals surface area contributed by atoms with E-state index in [4.69, 9.17) is 0 Å². The molecule has 2 aromatic carbocycles. The number of hydrogen-bond acceptors (Lipinski definition) is 4. The number of amides is 1. The largest absolute Gasteiger partial charge is 0.325 e. The number of carbonyl (C=O) groups excluding carboxylic acids is 1. The van der Waals surface area contributed by atoms with Gasteiger partial charge in [-0.1, -0.05) is 30.3 Å². The number of anilines is 1. The molecule has 0 unspecified atom stereocenters. The van der Waals surface area contributed by atoms with Crippen LogP contribution in [0.2, 0.25) is 0 Å². The van der Waals surface area contributed by atoms with Crippen LogP contribution in [-0.4, -0.2) is 56.3 Å². The van der Waals surface area contributed by atoms with E-state index in [0.717, 1.165) is 5.69 Å². The molecule has 0 saturated carbocycles. The fraction of sp³-hybridized carbons (Fsp3) is 0.316. The number of nitrogens with one attached hydrogen (secondary N) is 1. The summed E-state index contributed by atoms with van der Waals surface area (Å²) in [6.07, 6.45) is 0. The minimum absolute atomic E-state index is 0.121. The van der Waals surface area contributed by atoms with Crippen LogP contribution in [0.15, 0.2) is 54.6 Å². The summed E-state index contributed by atoms with van der Waals surface area (Å²) >= 11 is 0. The summed E-state index contributed by atoms with van der Waals surface area (Å²) in [7, 11) is -3.47. The number of carbonyl (C=O) groups is 1. The zero-order valence-electron chi connectivity index (χ0n) is 14.8. The SMILES string of the molecule is O=C(CN1CCN(S(=O)(=O)Cc2ccc(F)cc2)CC1)Nc1ccccc1. The molecule has 1 N–H and O–H groups in total. The smallest absolute Gasteiger partial charge is 0.238 e. The van der Waals surface area contributed by atoms with Gasteiger partial charge in [0.2, 0.25) is 15.9 Å². The number of piperazine rings is 1. The fourth-order valence-electron chi connectivity index (χ4n) is 2.97. The maximum atomic E-state index is 13.0. The fourth-order valence-corrected chi connectivity index (χ4v) is 4.49. The first-order valence-corrected chi connectivity index (χ1v) is 10.3. The molecule has 2 aromatic rings. The third-order valence-electron chi connectivity index (χ3n) is 4.41. The lowest BCUT2D eigenvalue weighted by atomic mass is 10.2. The Hall–Kier alpha value is -2.29. The highest BCUT2D eigenvalue weighted by Gasteiger charge is 2.27. The first kappa shape index (κ1) is 19.5. The highest BCUT2D eigenvalue weighted by Crippen LogP contribution is 2.14. The Bertz CT molecular complexity index is 865. The molecule has 6 nitrogen and oxygen atoms in total. The second-order valence-corrected chi connectivity index (χ2v) is 8.44. The molecule has 1 saturated heterocycles. The minimum Gasteiger partial charge on any atom is -0.325 e. The summed E-state index contributed by atoms with van der Waals surface area (Å²) in [6.45, 7) is 1.88. The number of halogens is 1. The van der Waals surface area contributed by atoms with Gasteiger partial charge in [-0.25, -0.2) is 12.8 Å². The highest BCUT2D eigenvalue weighted by molar-refractivity contribution is 7.88. The lowest BCUT2D eigenvalue weighted by Gasteiger charge is -2.33. The summed E-state index contributed by atoms with van der Waals surface area (Å²) in [6, 6.07) is 14.7. The summed E-state index contributed by atoms with van der Waals surface area (Å²) in [5.41, 5.74) is 1.30. The van der Waals surface area contributed by atoms with E-state index in [1.54, 1.807) is 0 Å². The van der Waals surface area contributed by atoms with Crippen molar-refractivity contribution < 1.29 is 17.6 Å². The predicted molar refractivity (Wildman–Crippen MR) is 102 cm³/mol. The molecule has 0 aliphatic carbocycles. The molecule has 0 radical (unpaired) electrons. The Kier molecular flexibility index (Phi) is 6.20. The van der Waals surface area contributed by atoms with Crippen LogP contribution in [0.5, 0.6) is 0 Å². The zero-order valence-corrected chi connectivity index (χ0v) is 15.7. The van der Waals surface area contributed by atoms with Crippen LogP contribution in [0, 0.1) is 5.82 Å². The van der Waals surface area contributed by atoms with Crippen molar-refractivity contribution in [2.24, 2.45) is 0 Å². The standard InChI is InChI=1S/C19H22FN3O3S/c20-17-8-6-16(7-9-17)15-27(25,26)23-12-10-22(11-13-23)14-19(24)21-18-4-2-1-3-5-18/h1-9H,10-15H2,(H,21,24). The summed E-state index contributed by atoms with van der Waals surface area (Å²) in [5, 5.41) is 2.82. The number of rotatable bonds is 6. The van der Waals surface area contributed by atoms with Gasteiger partial charge < -0.3 is 5.32 Å². The van der Waals surface area contributed by atoms with E-state index >= 15 is 0 Å². The van der Waals surface area contributed by atoms with Crippen molar-refractivity contribution in [1.29, 1.82) is 0 Å². The molecule has 1 amide bonds. The Morgan fingerprint density at radius 1 is 0.963 bits per heavy atom. The normalized spacial score (nSPS) is 16.2. The average Bonchev–Trinajstić information content (AvgIpc) is 2.65. The number of hydrogen-bond donors (Lipinski definition) is 1. The van der Waals surface area contributed by atoms with Crippen molar-refractivity contribution in [1.82, 2.24) is 9.21 Å². The van der Waals surface area contributed by atoms with Gasteiger partial charge in [0.25, 0.3) is 0 Å². The Labute approximate surface area is 158 Å². The highest BCUT2D eigenvalue weighted by atomic mass is 32.2. The van der Waals surface area contributed by atoms with Crippen molar-refractivity contribution in [2.45, 2.75) is 5.75 Å². The molecule has 1 aliphatic heterocycles. The molecule has 3 rings (SSSR count). The van der Waals surface area contributed by atoms with Gasteiger partial charge in [-0.05, 0) is 29.8 Å². The van der Waals surface area contributed by atoms with Gasteiger partial charge >= 0.3 is 0 Å². The van der Waals surface area contributed by atoms with Gasteiger partial charge in [0.15, 0.2) is 0 Å². The van der Waals surface area contributed by atoms with Crippen LogP contribution in [0.4, 0.5) is 10.1 Å². The van der Waals surface area contributed by atoms with E-state index in [-0.39, 0.29) is 18.2 Å². The van der Waals surface area contributed by atoms with Crippen molar-refractivity contribution in [2.75, 3.05) is 38.0 Å². The lowest BCUT2D eigenvalue weighted by Crippen LogP contribution is -2.50. The van der Waals surface area contributed by atoms with Crippen molar-refractivity contribution in [3.63, 3.8) is 0 Å². The lowest BCUT2D eigenvalue weighted by molar-refractivity contribution is -0.117. The monoisotopic (exact) mass is 391 g/mol.